The molecule has 0 aliphatic rings. The van der Waals surface area contributed by atoms with Gasteiger partial charge in [0.25, 0.3) is 0 Å². The standard InChI is InChI=1S/C12H15ClN2O3S/c1-9(4-5-16)8-15-19(17,18)12-3-2-10(7-14)6-11(12)13/h2-3,6,9,15-16H,4-5,8H2,1H3. The smallest absolute Gasteiger partial charge is 0.242 e. The minimum atomic E-state index is -3.70. The van der Waals surface area contributed by atoms with E-state index in [0.29, 0.717) is 12.0 Å². The van der Waals surface area contributed by atoms with Crippen LogP contribution in [0.5, 0.6) is 0 Å². The van der Waals surface area contributed by atoms with E-state index in [9.17, 15) is 8.42 Å². The number of hydrogen-bond acceptors (Lipinski definition) is 4. The van der Waals surface area contributed by atoms with Gasteiger partial charge in [-0.1, -0.05) is 18.5 Å². The summed E-state index contributed by atoms with van der Waals surface area (Å²) in [6.07, 6.45) is 0.517. The highest BCUT2D eigenvalue weighted by Crippen LogP contribution is 2.22. The van der Waals surface area contributed by atoms with Gasteiger partial charge in [-0.25, -0.2) is 13.1 Å². The second-order valence-corrected chi connectivity index (χ2v) is 6.37. The maximum absolute atomic E-state index is 12.0. The summed E-state index contributed by atoms with van der Waals surface area (Å²) in [4.78, 5) is -0.0515. The van der Waals surface area contributed by atoms with E-state index >= 15 is 0 Å². The summed E-state index contributed by atoms with van der Waals surface area (Å²) >= 11 is 5.86. The molecule has 0 aliphatic heterocycles. The lowest BCUT2D eigenvalue weighted by Crippen LogP contribution is -2.29. The lowest BCUT2D eigenvalue weighted by atomic mass is 10.1. The van der Waals surface area contributed by atoms with E-state index in [0.717, 1.165) is 0 Å². The highest BCUT2D eigenvalue weighted by atomic mass is 35.5. The van der Waals surface area contributed by atoms with Gasteiger partial charge in [0.05, 0.1) is 16.7 Å². The fourth-order valence-corrected chi connectivity index (χ4v) is 3.15. The van der Waals surface area contributed by atoms with Crippen LogP contribution in [0.2, 0.25) is 5.02 Å². The highest BCUT2D eigenvalue weighted by Gasteiger charge is 2.18. The van der Waals surface area contributed by atoms with Crippen LogP contribution in [0.1, 0.15) is 18.9 Å². The van der Waals surface area contributed by atoms with Gasteiger partial charge in [0, 0.05) is 13.2 Å². The number of aliphatic hydroxyl groups excluding tert-OH is 1. The molecule has 0 fully saturated rings. The first-order chi connectivity index (χ1) is 8.90. The normalized spacial score (nSPS) is 12.9. The average Bonchev–Trinajstić information content (AvgIpc) is 2.36. The fourth-order valence-electron chi connectivity index (χ4n) is 1.44. The van der Waals surface area contributed by atoms with Crippen molar-refractivity contribution >= 4 is 21.6 Å². The molecule has 2 N–H and O–H groups in total. The van der Waals surface area contributed by atoms with Gasteiger partial charge < -0.3 is 5.11 Å². The van der Waals surface area contributed by atoms with E-state index in [1.165, 1.54) is 18.2 Å². The number of aliphatic hydroxyl groups is 1. The van der Waals surface area contributed by atoms with Gasteiger partial charge in [0.2, 0.25) is 10.0 Å². The minimum absolute atomic E-state index is 0.0144. The summed E-state index contributed by atoms with van der Waals surface area (Å²) in [6, 6.07) is 5.90. The molecular weight excluding hydrogens is 288 g/mol. The lowest BCUT2D eigenvalue weighted by molar-refractivity contribution is 0.263. The molecule has 5 nitrogen and oxygen atoms in total. The summed E-state index contributed by atoms with van der Waals surface area (Å²) in [6.45, 7) is 2.07. The molecule has 0 aliphatic carbocycles. The van der Waals surface area contributed by atoms with E-state index in [1.807, 2.05) is 13.0 Å². The Kier molecular flexibility index (Phi) is 5.76. The van der Waals surface area contributed by atoms with Gasteiger partial charge in [-0.2, -0.15) is 5.26 Å². The number of rotatable bonds is 6. The Morgan fingerprint density at radius 1 is 1.53 bits per heavy atom. The zero-order chi connectivity index (χ0) is 14.5. The molecule has 0 heterocycles. The van der Waals surface area contributed by atoms with Crippen LogP contribution in [-0.2, 0) is 10.0 Å². The van der Waals surface area contributed by atoms with Crippen LogP contribution in [-0.4, -0.2) is 26.7 Å². The topological polar surface area (TPSA) is 90.2 Å². The SMILES string of the molecule is CC(CCO)CNS(=O)(=O)c1ccc(C#N)cc1Cl. The summed E-state index contributed by atoms with van der Waals surface area (Å²) in [5.41, 5.74) is 0.303. The minimum Gasteiger partial charge on any atom is -0.396 e. The number of sulfonamides is 1. The predicted octanol–water partition coefficient (Wildman–Crippen LogP) is 1.51. The van der Waals surface area contributed by atoms with Gasteiger partial charge in [-0.3, -0.25) is 0 Å². The molecule has 0 spiro atoms. The second-order valence-electron chi connectivity index (χ2n) is 4.23. The Bertz CT molecular complexity index is 581. The van der Waals surface area contributed by atoms with E-state index in [1.54, 1.807) is 0 Å². The van der Waals surface area contributed by atoms with Crippen molar-refractivity contribution in [2.24, 2.45) is 5.92 Å². The monoisotopic (exact) mass is 302 g/mol. The molecule has 0 aromatic heterocycles. The Morgan fingerprint density at radius 2 is 2.21 bits per heavy atom. The first kappa shape index (κ1) is 15.9. The third-order valence-corrected chi connectivity index (χ3v) is 4.50. The number of benzene rings is 1. The van der Waals surface area contributed by atoms with Crippen LogP contribution < -0.4 is 4.72 Å². The van der Waals surface area contributed by atoms with Crippen molar-refractivity contribution < 1.29 is 13.5 Å². The van der Waals surface area contributed by atoms with Crippen molar-refractivity contribution in [2.75, 3.05) is 13.2 Å². The van der Waals surface area contributed by atoms with Crippen LogP contribution >= 0.6 is 11.6 Å². The molecule has 104 valence electrons. The van der Waals surface area contributed by atoms with Gasteiger partial charge in [0.1, 0.15) is 4.90 Å². The first-order valence-electron chi connectivity index (χ1n) is 5.71. The molecule has 0 bridgehead atoms. The maximum Gasteiger partial charge on any atom is 0.242 e. The van der Waals surface area contributed by atoms with Crippen molar-refractivity contribution in [1.29, 1.82) is 5.26 Å². The van der Waals surface area contributed by atoms with Crippen LogP contribution in [0.15, 0.2) is 23.1 Å². The Labute approximate surface area is 117 Å². The molecule has 19 heavy (non-hydrogen) atoms. The quantitative estimate of drug-likeness (QED) is 0.833. The summed E-state index contributed by atoms with van der Waals surface area (Å²) < 4.78 is 26.5. The summed E-state index contributed by atoms with van der Waals surface area (Å²) in [5.74, 6) is 0.0249. The number of nitriles is 1. The molecule has 0 radical (unpaired) electrons. The van der Waals surface area contributed by atoms with E-state index in [2.05, 4.69) is 4.72 Å². The Balaban J connectivity index is 2.86. The molecule has 1 unspecified atom stereocenters. The number of hydrogen-bond donors (Lipinski definition) is 2. The Morgan fingerprint density at radius 3 is 2.74 bits per heavy atom. The van der Waals surface area contributed by atoms with Crippen LogP contribution in [0.25, 0.3) is 0 Å². The summed E-state index contributed by atoms with van der Waals surface area (Å²) in [5, 5.41) is 17.5. The maximum atomic E-state index is 12.0. The fraction of sp³-hybridized carbons (Fsp3) is 0.417. The summed E-state index contributed by atoms with van der Waals surface area (Å²) in [7, 11) is -3.70. The average molecular weight is 303 g/mol. The highest BCUT2D eigenvalue weighted by molar-refractivity contribution is 7.89. The second kappa shape index (κ2) is 6.87. The Hall–Kier alpha value is -1.13. The third-order valence-electron chi connectivity index (χ3n) is 2.59. The molecule has 0 amide bonds. The largest absolute Gasteiger partial charge is 0.396 e. The molecule has 1 aromatic carbocycles. The van der Waals surface area contributed by atoms with Crippen LogP contribution in [0, 0.1) is 17.2 Å². The van der Waals surface area contributed by atoms with Crippen LogP contribution in [0.4, 0.5) is 0 Å². The van der Waals surface area contributed by atoms with Gasteiger partial charge in [-0.15, -0.1) is 0 Å². The van der Waals surface area contributed by atoms with Crippen molar-refractivity contribution in [3.8, 4) is 6.07 Å². The van der Waals surface area contributed by atoms with Gasteiger partial charge in [-0.05, 0) is 30.5 Å². The van der Waals surface area contributed by atoms with Crippen molar-refractivity contribution in [2.45, 2.75) is 18.2 Å². The molecule has 1 rings (SSSR count). The predicted molar refractivity (Wildman–Crippen MR) is 72.2 cm³/mol. The molecule has 0 saturated heterocycles. The lowest BCUT2D eigenvalue weighted by Gasteiger charge is -2.12. The van der Waals surface area contributed by atoms with Gasteiger partial charge >= 0.3 is 0 Å². The van der Waals surface area contributed by atoms with E-state index in [4.69, 9.17) is 22.0 Å². The van der Waals surface area contributed by atoms with E-state index in [-0.39, 0.29) is 29.0 Å². The number of halogens is 1. The third kappa shape index (κ3) is 4.48. The molecular formula is C12H15ClN2O3S. The molecule has 7 heteroatoms. The van der Waals surface area contributed by atoms with E-state index < -0.39 is 10.0 Å². The van der Waals surface area contributed by atoms with Crippen molar-refractivity contribution in [3.05, 3.63) is 28.8 Å². The first-order valence-corrected chi connectivity index (χ1v) is 7.57. The van der Waals surface area contributed by atoms with Crippen molar-refractivity contribution in [3.63, 3.8) is 0 Å². The number of nitrogens with zero attached hydrogens (tertiary/aromatic N) is 1. The molecule has 1 aromatic rings. The van der Waals surface area contributed by atoms with Crippen LogP contribution in [0.3, 0.4) is 0 Å². The zero-order valence-electron chi connectivity index (χ0n) is 10.4. The number of nitrogens with one attached hydrogen (secondary N) is 1. The van der Waals surface area contributed by atoms with Crippen molar-refractivity contribution in [1.82, 2.24) is 4.72 Å². The zero-order valence-corrected chi connectivity index (χ0v) is 12.0. The van der Waals surface area contributed by atoms with Gasteiger partial charge in [0.15, 0.2) is 0 Å². The molecule has 0 saturated carbocycles. The molecule has 1 atom stereocenters.